The predicted molar refractivity (Wildman–Crippen MR) is 127 cm³/mol. The summed E-state index contributed by atoms with van der Waals surface area (Å²) in [7, 11) is 1.70. The van der Waals surface area contributed by atoms with Crippen molar-refractivity contribution in [1.82, 2.24) is 4.90 Å². The Kier molecular flexibility index (Phi) is 8.19. The Balaban J connectivity index is 0.00000289. The molecule has 0 spiro atoms. The molecule has 2 aromatic carbocycles. The summed E-state index contributed by atoms with van der Waals surface area (Å²) in [5.41, 5.74) is 2.37. The predicted octanol–water partition coefficient (Wildman–Crippen LogP) is 2.99. The first-order chi connectivity index (χ1) is 15.1. The molecule has 9 heteroatoms. The number of methoxy groups -OCH3 is 1. The van der Waals surface area contributed by atoms with Gasteiger partial charge in [-0.25, -0.2) is 0 Å². The molecular formula is C23H29ClN4O4. The highest BCUT2D eigenvalue weighted by atomic mass is 35.5. The van der Waals surface area contributed by atoms with Crippen LogP contribution in [0, 0.1) is 0 Å². The number of nitrogens with one attached hydrogen (secondary N) is 2. The van der Waals surface area contributed by atoms with Crippen molar-refractivity contribution in [3.8, 4) is 11.5 Å². The van der Waals surface area contributed by atoms with Gasteiger partial charge in [0.15, 0.2) is 6.61 Å². The number of ether oxygens (including phenoxy) is 2. The Bertz CT molecular complexity index is 947. The maximum atomic E-state index is 12.3. The van der Waals surface area contributed by atoms with Crippen molar-refractivity contribution >= 4 is 41.3 Å². The number of halogens is 1. The van der Waals surface area contributed by atoms with E-state index in [-0.39, 0.29) is 30.8 Å². The van der Waals surface area contributed by atoms with E-state index in [9.17, 15) is 9.59 Å². The number of anilines is 3. The molecule has 0 bridgehead atoms. The van der Waals surface area contributed by atoms with Gasteiger partial charge in [-0.15, -0.1) is 12.4 Å². The zero-order valence-corrected chi connectivity index (χ0v) is 19.0. The molecule has 172 valence electrons. The van der Waals surface area contributed by atoms with Crippen molar-refractivity contribution in [1.29, 1.82) is 0 Å². The second kappa shape index (κ2) is 11.1. The Labute approximate surface area is 194 Å². The molecule has 4 rings (SSSR count). The summed E-state index contributed by atoms with van der Waals surface area (Å²) < 4.78 is 10.8. The number of hydrogen-bond acceptors (Lipinski definition) is 6. The van der Waals surface area contributed by atoms with Crippen molar-refractivity contribution < 1.29 is 19.1 Å². The van der Waals surface area contributed by atoms with Gasteiger partial charge in [-0.1, -0.05) is 12.1 Å². The third-order valence-corrected chi connectivity index (χ3v) is 5.57. The first kappa shape index (κ1) is 23.7. The van der Waals surface area contributed by atoms with Crippen molar-refractivity contribution in [2.24, 2.45) is 0 Å². The average Bonchev–Trinajstić information content (AvgIpc) is 2.79. The molecule has 0 atom stereocenters. The lowest BCUT2D eigenvalue weighted by Gasteiger charge is -2.36. The fourth-order valence-corrected chi connectivity index (χ4v) is 3.95. The number of fused-ring (bicyclic) bond motifs is 1. The van der Waals surface area contributed by atoms with Gasteiger partial charge in [-0.2, -0.15) is 0 Å². The van der Waals surface area contributed by atoms with Crippen LogP contribution in [0.3, 0.4) is 0 Å². The minimum atomic E-state index is -0.193. The van der Waals surface area contributed by atoms with E-state index >= 15 is 0 Å². The van der Waals surface area contributed by atoms with E-state index in [4.69, 9.17) is 9.47 Å². The van der Waals surface area contributed by atoms with E-state index < -0.39 is 0 Å². The number of benzene rings is 2. The van der Waals surface area contributed by atoms with E-state index in [0.29, 0.717) is 23.5 Å². The second-order valence-electron chi connectivity index (χ2n) is 7.70. The fourth-order valence-electron chi connectivity index (χ4n) is 3.95. The number of hydrogen-bond donors (Lipinski definition) is 2. The van der Waals surface area contributed by atoms with Gasteiger partial charge in [0, 0.05) is 38.3 Å². The summed E-state index contributed by atoms with van der Waals surface area (Å²) >= 11 is 0. The largest absolute Gasteiger partial charge is 0.495 e. The molecule has 1 fully saturated rings. The van der Waals surface area contributed by atoms with Gasteiger partial charge >= 0.3 is 0 Å². The highest BCUT2D eigenvalue weighted by molar-refractivity contribution is 5.97. The molecule has 2 aliphatic rings. The number of rotatable bonds is 7. The van der Waals surface area contributed by atoms with Crippen molar-refractivity contribution in [2.45, 2.75) is 12.8 Å². The third-order valence-electron chi connectivity index (χ3n) is 5.57. The lowest BCUT2D eigenvalue weighted by atomic mass is 10.2. The molecule has 2 aromatic rings. The molecule has 0 radical (unpaired) electrons. The molecule has 32 heavy (non-hydrogen) atoms. The van der Waals surface area contributed by atoms with Gasteiger partial charge in [0.05, 0.1) is 18.5 Å². The van der Waals surface area contributed by atoms with Crippen molar-refractivity contribution in [2.75, 3.05) is 62.0 Å². The summed E-state index contributed by atoms with van der Waals surface area (Å²) in [6, 6.07) is 13.4. The molecule has 2 heterocycles. The average molecular weight is 461 g/mol. The van der Waals surface area contributed by atoms with Crippen LogP contribution in [-0.2, 0) is 9.59 Å². The summed E-state index contributed by atoms with van der Waals surface area (Å²) in [4.78, 5) is 28.5. The molecule has 1 saturated heterocycles. The molecular weight excluding hydrogens is 432 g/mol. The molecule has 0 aliphatic carbocycles. The van der Waals surface area contributed by atoms with Crippen LogP contribution in [0.1, 0.15) is 12.8 Å². The Morgan fingerprint density at radius 3 is 2.72 bits per heavy atom. The zero-order chi connectivity index (χ0) is 21.6. The standard InChI is InChI=1S/C23H28N4O4.ClH/c1-30-21-6-3-2-5-19(21)27-13-11-26(12-14-27)10-4-7-22(28)24-17-8-9-20-18(15-17)25-23(29)16-31-20;/h2-3,5-6,8-9,15H,4,7,10-14,16H2,1H3,(H,24,28)(H,25,29);1H. The highest BCUT2D eigenvalue weighted by Gasteiger charge is 2.20. The monoisotopic (exact) mass is 460 g/mol. The number of carbonyl (C=O) groups excluding carboxylic acids is 2. The van der Waals surface area contributed by atoms with Crippen molar-refractivity contribution in [3.05, 3.63) is 42.5 Å². The summed E-state index contributed by atoms with van der Waals surface area (Å²) in [6.45, 7) is 4.71. The van der Waals surface area contributed by atoms with Crippen LogP contribution in [0.5, 0.6) is 11.5 Å². The second-order valence-corrected chi connectivity index (χ2v) is 7.70. The lowest BCUT2D eigenvalue weighted by Crippen LogP contribution is -2.46. The van der Waals surface area contributed by atoms with Crippen LogP contribution in [0.4, 0.5) is 17.1 Å². The van der Waals surface area contributed by atoms with Crippen LogP contribution in [0.15, 0.2) is 42.5 Å². The number of carbonyl (C=O) groups is 2. The lowest BCUT2D eigenvalue weighted by molar-refractivity contribution is -0.118. The van der Waals surface area contributed by atoms with Crippen LogP contribution >= 0.6 is 12.4 Å². The smallest absolute Gasteiger partial charge is 0.262 e. The van der Waals surface area contributed by atoms with Gasteiger partial charge in [0.2, 0.25) is 5.91 Å². The van der Waals surface area contributed by atoms with Gasteiger partial charge < -0.3 is 25.0 Å². The fraction of sp³-hybridized carbons (Fsp3) is 0.391. The van der Waals surface area contributed by atoms with E-state index in [0.717, 1.165) is 50.6 Å². The van der Waals surface area contributed by atoms with Crippen molar-refractivity contribution in [3.63, 3.8) is 0 Å². The quantitative estimate of drug-likeness (QED) is 0.661. The van der Waals surface area contributed by atoms with E-state index in [2.05, 4.69) is 26.5 Å². The van der Waals surface area contributed by atoms with Crippen LogP contribution in [0.25, 0.3) is 0 Å². The maximum Gasteiger partial charge on any atom is 0.262 e. The minimum Gasteiger partial charge on any atom is -0.495 e. The minimum absolute atomic E-state index is 0. The molecule has 2 aliphatic heterocycles. The summed E-state index contributed by atoms with van der Waals surface area (Å²) in [6.07, 6.45) is 1.25. The Hall–Kier alpha value is -2.97. The Morgan fingerprint density at radius 1 is 1.16 bits per heavy atom. The molecule has 0 aromatic heterocycles. The number of piperazine rings is 1. The van der Waals surface area contributed by atoms with E-state index in [1.54, 1.807) is 25.3 Å². The highest BCUT2D eigenvalue weighted by Crippen LogP contribution is 2.30. The van der Waals surface area contributed by atoms with Gasteiger partial charge in [0.25, 0.3) is 5.91 Å². The van der Waals surface area contributed by atoms with E-state index in [1.807, 2.05) is 18.2 Å². The molecule has 8 nitrogen and oxygen atoms in total. The van der Waals surface area contributed by atoms with E-state index in [1.165, 1.54) is 0 Å². The first-order valence-corrected chi connectivity index (χ1v) is 10.6. The normalized spacial score (nSPS) is 15.7. The van der Waals surface area contributed by atoms with Crippen LogP contribution in [-0.4, -0.2) is 63.2 Å². The van der Waals surface area contributed by atoms with Gasteiger partial charge in [0.1, 0.15) is 11.5 Å². The number of para-hydroxylation sites is 2. The van der Waals surface area contributed by atoms with Crippen LogP contribution < -0.4 is 25.0 Å². The SMILES string of the molecule is COc1ccccc1N1CCN(CCCC(=O)Nc2ccc3c(c2)NC(=O)CO3)CC1.Cl. The third kappa shape index (κ3) is 5.83. The molecule has 2 amide bonds. The first-order valence-electron chi connectivity index (χ1n) is 10.6. The van der Waals surface area contributed by atoms with Gasteiger partial charge in [-0.3, -0.25) is 14.5 Å². The van der Waals surface area contributed by atoms with Crippen LogP contribution in [0.2, 0.25) is 0 Å². The molecule has 2 N–H and O–H groups in total. The molecule has 0 saturated carbocycles. The van der Waals surface area contributed by atoms with Gasteiger partial charge in [-0.05, 0) is 43.3 Å². The Morgan fingerprint density at radius 2 is 1.94 bits per heavy atom. The maximum absolute atomic E-state index is 12.3. The number of nitrogens with zero attached hydrogens (tertiary/aromatic N) is 2. The number of amides is 2. The zero-order valence-electron chi connectivity index (χ0n) is 18.1. The summed E-state index contributed by atoms with van der Waals surface area (Å²) in [5, 5.41) is 5.65. The molecule has 0 unspecified atom stereocenters. The summed E-state index contributed by atoms with van der Waals surface area (Å²) in [5.74, 6) is 1.29. The topological polar surface area (TPSA) is 83.1 Å².